The van der Waals surface area contributed by atoms with Gasteiger partial charge in [0.1, 0.15) is 4.92 Å². The van der Waals surface area contributed by atoms with Gasteiger partial charge in [-0.15, -0.1) is 0 Å². The van der Waals surface area contributed by atoms with Crippen molar-refractivity contribution in [1.82, 2.24) is 0 Å². The number of hydrogen-bond acceptors (Lipinski definition) is 6. The first-order valence-corrected chi connectivity index (χ1v) is 5.78. The second-order valence-electron chi connectivity index (χ2n) is 3.99. The van der Waals surface area contributed by atoms with Gasteiger partial charge in [0.25, 0.3) is 5.91 Å². The molecule has 0 spiro atoms. The highest BCUT2D eigenvalue weighted by atomic mass is 16.7. The fourth-order valence-corrected chi connectivity index (χ4v) is 1.62. The van der Waals surface area contributed by atoms with Gasteiger partial charge in [-0.25, -0.2) is 4.79 Å². The fraction of sp³-hybridized carbons (Fsp3) is 0.0769. The van der Waals surface area contributed by atoms with Gasteiger partial charge in [0.2, 0.25) is 11.9 Å². The van der Waals surface area contributed by atoms with Crippen LogP contribution in [-0.2, 0) is 9.53 Å². The van der Waals surface area contributed by atoms with Crippen molar-refractivity contribution in [3.63, 3.8) is 0 Å². The molecule has 0 bridgehead atoms. The van der Waals surface area contributed by atoms with Gasteiger partial charge in [-0.05, 0) is 6.07 Å². The molecule has 0 aliphatic rings. The molecule has 0 fully saturated rings. The monoisotopic (exact) mass is 290 g/mol. The molecule has 2 rings (SSSR count). The first-order chi connectivity index (χ1) is 9.99. The molecule has 1 aromatic carbocycles. The number of nitrogens with two attached hydrogens (primary N) is 1. The lowest BCUT2D eigenvalue weighted by Gasteiger charge is -2.13. The molecule has 0 radical (unpaired) electrons. The van der Waals surface area contributed by atoms with Crippen LogP contribution in [0.4, 0.5) is 5.88 Å². The van der Waals surface area contributed by atoms with Crippen molar-refractivity contribution in [2.45, 2.75) is 6.10 Å². The molecule has 2 aromatic rings. The van der Waals surface area contributed by atoms with Gasteiger partial charge >= 0.3 is 11.9 Å². The van der Waals surface area contributed by atoms with Crippen LogP contribution in [-0.4, -0.2) is 16.8 Å². The Morgan fingerprint density at radius 2 is 1.86 bits per heavy atom. The van der Waals surface area contributed by atoms with Crippen LogP contribution in [0.25, 0.3) is 0 Å². The molecule has 1 atom stereocenters. The molecule has 1 unspecified atom stereocenters. The van der Waals surface area contributed by atoms with E-state index in [-0.39, 0.29) is 5.76 Å². The van der Waals surface area contributed by atoms with Crippen molar-refractivity contribution >= 4 is 17.8 Å². The number of ether oxygens (including phenoxy) is 1. The number of benzene rings is 1. The normalized spacial score (nSPS) is 11.6. The molecule has 0 saturated heterocycles. The van der Waals surface area contributed by atoms with Crippen LogP contribution in [0.1, 0.15) is 22.2 Å². The number of nitro groups is 1. The Labute approximate surface area is 118 Å². The summed E-state index contributed by atoms with van der Waals surface area (Å²) in [5.41, 5.74) is 5.58. The van der Waals surface area contributed by atoms with Gasteiger partial charge in [-0.2, -0.15) is 0 Å². The van der Waals surface area contributed by atoms with Gasteiger partial charge in [0.15, 0.2) is 0 Å². The van der Waals surface area contributed by atoms with E-state index in [1.54, 1.807) is 30.3 Å². The number of hydrogen-bond donors (Lipinski definition) is 1. The zero-order valence-electron chi connectivity index (χ0n) is 10.6. The smallest absolute Gasteiger partial charge is 0.433 e. The highest BCUT2D eigenvalue weighted by Gasteiger charge is 2.26. The van der Waals surface area contributed by atoms with Crippen molar-refractivity contribution in [3.05, 3.63) is 63.9 Å². The second kappa shape index (κ2) is 5.87. The van der Waals surface area contributed by atoms with Crippen LogP contribution in [0, 0.1) is 10.1 Å². The molecule has 1 heterocycles. The maximum atomic E-state index is 11.8. The lowest BCUT2D eigenvalue weighted by atomic mass is 10.1. The largest absolute Gasteiger partial charge is 0.441 e. The Hall–Kier alpha value is -3.16. The van der Waals surface area contributed by atoms with Crippen molar-refractivity contribution in [1.29, 1.82) is 0 Å². The summed E-state index contributed by atoms with van der Waals surface area (Å²) in [5.74, 6) is -2.87. The highest BCUT2D eigenvalue weighted by molar-refractivity contribution is 5.90. The predicted molar refractivity (Wildman–Crippen MR) is 69.2 cm³/mol. The summed E-state index contributed by atoms with van der Waals surface area (Å²) >= 11 is 0. The van der Waals surface area contributed by atoms with E-state index in [9.17, 15) is 19.7 Å². The zero-order chi connectivity index (χ0) is 15.4. The second-order valence-corrected chi connectivity index (χ2v) is 3.99. The van der Waals surface area contributed by atoms with E-state index >= 15 is 0 Å². The molecule has 21 heavy (non-hydrogen) atoms. The number of amides is 1. The minimum atomic E-state index is -1.30. The van der Waals surface area contributed by atoms with Crippen LogP contribution in [0.5, 0.6) is 0 Å². The number of esters is 1. The first kappa shape index (κ1) is 14.3. The number of nitrogens with zero attached hydrogens (tertiary/aromatic N) is 1. The van der Waals surface area contributed by atoms with Crippen LogP contribution in [0.2, 0.25) is 0 Å². The molecule has 0 aliphatic carbocycles. The lowest BCUT2D eigenvalue weighted by Crippen LogP contribution is -2.26. The number of carbonyl (C=O) groups is 2. The summed E-state index contributed by atoms with van der Waals surface area (Å²) in [7, 11) is 0. The average molecular weight is 290 g/mol. The van der Waals surface area contributed by atoms with Crippen molar-refractivity contribution < 1.29 is 23.7 Å². The Morgan fingerprint density at radius 3 is 2.38 bits per heavy atom. The molecule has 108 valence electrons. The molecular formula is C13H10N2O6. The van der Waals surface area contributed by atoms with Crippen LogP contribution in [0.15, 0.2) is 46.9 Å². The topological polar surface area (TPSA) is 126 Å². The summed E-state index contributed by atoms with van der Waals surface area (Å²) in [6.45, 7) is 0. The predicted octanol–water partition coefficient (Wildman–Crippen LogP) is 1.57. The third-order valence-corrected chi connectivity index (χ3v) is 2.56. The highest BCUT2D eigenvalue weighted by Crippen LogP contribution is 2.21. The number of carbonyl (C=O) groups excluding carboxylic acids is 2. The van der Waals surface area contributed by atoms with Crippen LogP contribution >= 0.6 is 0 Å². The van der Waals surface area contributed by atoms with Crippen molar-refractivity contribution in [3.8, 4) is 0 Å². The molecule has 0 aliphatic heterocycles. The molecule has 1 amide bonds. The maximum Gasteiger partial charge on any atom is 0.433 e. The van der Waals surface area contributed by atoms with E-state index in [0.29, 0.717) is 5.56 Å². The Balaban J connectivity index is 2.19. The van der Waals surface area contributed by atoms with E-state index in [1.807, 2.05) is 0 Å². The van der Waals surface area contributed by atoms with Crippen LogP contribution < -0.4 is 5.73 Å². The van der Waals surface area contributed by atoms with E-state index in [1.165, 1.54) is 0 Å². The third kappa shape index (κ3) is 3.24. The van der Waals surface area contributed by atoms with Gasteiger partial charge in [-0.3, -0.25) is 14.9 Å². The van der Waals surface area contributed by atoms with Crippen molar-refractivity contribution in [2.75, 3.05) is 0 Å². The fourth-order valence-electron chi connectivity index (χ4n) is 1.62. The Morgan fingerprint density at radius 1 is 1.19 bits per heavy atom. The summed E-state index contributed by atoms with van der Waals surface area (Å²) < 4.78 is 9.64. The first-order valence-electron chi connectivity index (χ1n) is 5.78. The van der Waals surface area contributed by atoms with Gasteiger partial charge in [0.05, 0.1) is 6.07 Å². The molecular weight excluding hydrogens is 280 g/mol. The van der Waals surface area contributed by atoms with Gasteiger partial charge < -0.3 is 14.9 Å². The minimum absolute atomic E-state index is 0.385. The summed E-state index contributed by atoms with van der Waals surface area (Å²) in [6.07, 6.45) is -1.30. The molecule has 2 N–H and O–H groups in total. The number of rotatable bonds is 5. The van der Waals surface area contributed by atoms with Gasteiger partial charge in [-0.1, -0.05) is 30.3 Å². The number of furan rings is 1. The lowest BCUT2D eigenvalue weighted by molar-refractivity contribution is -0.402. The van der Waals surface area contributed by atoms with E-state index in [2.05, 4.69) is 0 Å². The molecule has 8 nitrogen and oxygen atoms in total. The van der Waals surface area contributed by atoms with Crippen LogP contribution in [0.3, 0.4) is 0 Å². The van der Waals surface area contributed by atoms with Crippen molar-refractivity contribution in [2.24, 2.45) is 5.73 Å². The Kier molecular flexibility index (Phi) is 3.98. The molecule has 1 aromatic heterocycles. The third-order valence-electron chi connectivity index (χ3n) is 2.56. The quantitative estimate of drug-likeness (QED) is 0.506. The summed E-state index contributed by atoms with van der Waals surface area (Å²) in [6, 6.07) is 10.2. The van der Waals surface area contributed by atoms with Gasteiger partial charge in [0, 0.05) is 5.56 Å². The molecule has 8 heteroatoms. The standard InChI is InChI=1S/C13H10N2O6/c14-12(16)11(8-4-2-1-3-5-8)21-13(17)9-6-7-10(20-9)15(18)19/h1-7,11H,(H2,14,16). The maximum absolute atomic E-state index is 11.8. The summed E-state index contributed by atoms with van der Waals surface area (Å²) in [5, 5.41) is 10.5. The minimum Gasteiger partial charge on any atom is -0.441 e. The summed E-state index contributed by atoms with van der Waals surface area (Å²) in [4.78, 5) is 32.9. The number of primary amides is 1. The SMILES string of the molecule is NC(=O)C(OC(=O)c1ccc([N+](=O)[O-])o1)c1ccccc1. The van der Waals surface area contributed by atoms with E-state index in [4.69, 9.17) is 14.9 Å². The zero-order valence-corrected chi connectivity index (χ0v) is 10.6. The van der Waals surface area contributed by atoms with E-state index in [0.717, 1.165) is 12.1 Å². The average Bonchev–Trinajstić information content (AvgIpc) is 2.95. The Bertz CT molecular complexity index is 679. The van der Waals surface area contributed by atoms with E-state index < -0.39 is 28.8 Å². The molecule has 0 saturated carbocycles.